The minimum atomic E-state index is 0.00444. The number of anilines is 1. The zero-order valence-corrected chi connectivity index (χ0v) is 7.82. The van der Waals surface area contributed by atoms with Crippen molar-refractivity contribution in [2.24, 2.45) is 5.92 Å². The molecule has 1 aromatic rings. The first-order chi connectivity index (χ1) is 6.18. The van der Waals surface area contributed by atoms with E-state index in [0.29, 0.717) is 18.0 Å². The zero-order chi connectivity index (χ0) is 9.68. The van der Waals surface area contributed by atoms with Crippen molar-refractivity contribution in [3.05, 3.63) is 18.7 Å². The minimum absolute atomic E-state index is 0.00444. The molecule has 0 radical (unpaired) electrons. The first-order valence-electron chi connectivity index (χ1n) is 4.23. The van der Waals surface area contributed by atoms with Gasteiger partial charge in [0.1, 0.15) is 6.33 Å². The van der Waals surface area contributed by atoms with Gasteiger partial charge in [0.05, 0.1) is 18.1 Å². The third kappa shape index (κ3) is 3.64. The van der Waals surface area contributed by atoms with Gasteiger partial charge in [-0.25, -0.2) is 9.97 Å². The SMILES string of the molecule is CC(C)CC(=O)Nc1cncnc1. The first-order valence-corrected chi connectivity index (χ1v) is 4.23. The Labute approximate surface area is 77.4 Å². The molecule has 0 aliphatic rings. The molecule has 0 saturated heterocycles. The average molecular weight is 179 g/mol. The molecule has 0 spiro atoms. The van der Waals surface area contributed by atoms with Gasteiger partial charge >= 0.3 is 0 Å². The van der Waals surface area contributed by atoms with Crippen LogP contribution in [0.4, 0.5) is 5.69 Å². The molecule has 0 atom stereocenters. The molecule has 1 N–H and O–H groups in total. The number of aromatic nitrogens is 2. The molecule has 13 heavy (non-hydrogen) atoms. The van der Waals surface area contributed by atoms with E-state index in [1.54, 1.807) is 12.4 Å². The van der Waals surface area contributed by atoms with E-state index >= 15 is 0 Å². The lowest BCUT2D eigenvalue weighted by Gasteiger charge is -2.05. The molecule has 0 aromatic carbocycles. The van der Waals surface area contributed by atoms with Gasteiger partial charge in [0.15, 0.2) is 0 Å². The fourth-order valence-corrected chi connectivity index (χ4v) is 0.946. The van der Waals surface area contributed by atoms with E-state index in [1.165, 1.54) is 6.33 Å². The van der Waals surface area contributed by atoms with Crippen LogP contribution in [-0.4, -0.2) is 15.9 Å². The molecule has 0 bridgehead atoms. The normalized spacial score (nSPS) is 10.1. The molecule has 4 nitrogen and oxygen atoms in total. The van der Waals surface area contributed by atoms with Crippen LogP contribution in [0.25, 0.3) is 0 Å². The molecule has 0 unspecified atom stereocenters. The highest BCUT2D eigenvalue weighted by Gasteiger charge is 2.04. The molecule has 1 rings (SSSR count). The monoisotopic (exact) mass is 179 g/mol. The van der Waals surface area contributed by atoms with E-state index in [9.17, 15) is 4.79 Å². The highest BCUT2D eigenvalue weighted by atomic mass is 16.1. The summed E-state index contributed by atoms with van der Waals surface area (Å²) in [4.78, 5) is 18.8. The standard InChI is InChI=1S/C9H13N3O/c1-7(2)3-9(13)12-8-4-10-6-11-5-8/h4-7H,3H2,1-2H3,(H,12,13). The van der Waals surface area contributed by atoms with Crippen LogP contribution >= 0.6 is 0 Å². The Kier molecular flexibility index (Phi) is 3.37. The van der Waals surface area contributed by atoms with Gasteiger partial charge in [-0.05, 0) is 5.92 Å². The summed E-state index contributed by atoms with van der Waals surface area (Å²) < 4.78 is 0. The molecule has 1 amide bonds. The van der Waals surface area contributed by atoms with Crippen molar-refractivity contribution >= 4 is 11.6 Å². The summed E-state index contributed by atoms with van der Waals surface area (Å²) in [6.45, 7) is 4.00. The van der Waals surface area contributed by atoms with Gasteiger partial charge in [-0.2, -0.15) is 0 Å². The molecular weight excluding hydrogens is 166 g/mol. The van der Waals surface area contributed by atoms with E-state index < -0.39 is 0 Å². The van der Waals surface area contributed by atoms with Crippen molar-refractivity contribution in [2.75, 3.05) is 5.32 Å². The molecule has 0 saturated carbocycles. The summed E-state index contributed by atoms with van der Waals surface area (Å²) in [6, 6.07) is 0. The number of carbonyl (C=O) groups is 1. The maximum Gasteiger partial charge on any atom is 0.224 e. The van der Waals surface area contributed by atoms with Gasteiger partial charge in [-0.15, -0.1) is 0 Å². The lowest BCUT2D eigenvalue weighted by atomic mass is 10.1. The number of carbonyl (C=O) groups excluding carboxylic acids is 1. The van der Waals surface area contributed by atoms with Crippen molar-refractivity contribution in [3.8, 4) is 0 Å². The predicted molar refractivity (Wildman–Crippen MR) is 50.1 cm³/mol. The average Bonchev–Trinajstić information content (AvgIpc) is 2.04. The quantitative estimate of drug-likeness (QED) is 0.764. The fourth-order valence-electron chi connectivity index (χ4n) is 0.946. The van der Waals surface area contributed by atoms with Crippen molar-refractivity contribution in [2.45, 2.75) is 20.3 Å². The van der Waals surface area contributed by atoms with E-state index in [1.807, 2.05) is 13.8 Å². The highest BCUT2D eigenvalue weighted by molar-refractivity contribution is 5.90. The zero-order valence-electron chi connectivity index (χ0n) is 7.82. The Hall–Kier alpha value is -1.45. The molecule has 4 heteroatoms. The minimum Gasteiger partial charge on any atom is -0.323 e. The number of hydrogen-bond donors (Lipinski definition) is 1. The van der Waals surface area contributed by atoms with Crippen molar-refractivity contribution < 1.29 is 4.79 Å². The summed E-state index contributed by atoms with van der Waals surface area (Å²) in [5.41, 5.74) is 0.646. The van der Waals surface area contributed by atoms with Crippen LogP contribution in [0.15, 0.2) is 18.7 Å². The van der Waals surface area contributed by atoms with Crippen molar-refractivity contribution in [1.29, 1.82) is 0 Å². The predicted octanol–water partition coefficient (Wildman–Crippen LogP) is 1.46. The molecule has 70 valence electrons. The highest BCUT2D eigenvalue weighted by Crippen LogP contribution is 2.04. The van der Waals surface area contributed by atoms with Crippen LogP contribution in [0.1, 0.15) is 20.3 Å². The van der Waals surface area contributed by atoms with E-state index in [4.69, 9.17) is 0 Å². The molecule has 0 fully saturated rings. The lowest BCUT2D eigenvalue weighted by molar-refractivity contribution is -0.116. The fraction of sp³-hybridized carbons (Fsp3) is 0.444. The van der Waals surface area contributed by atoms with Gasteiger partial charge < -0.3 is 5.32 Å². The molecule has 0 aliphatic heterocycles. The first kappa shape index (κ1) is 9.64. The van der Waals surface area contributed by atoms with Crippen LogP contribution < -0.4 is 5.32 Å². The van der Waals surface area contributed by atoms with Crippen LogP contribution in [0, 0.1) is 5.92 Å². The summed E-state index contributed by atoms with van der Waals surface area (Å²) in [5.74, 6) is 0.370. The number of rotatable bonds is 3. The summed E-state index contributed by atoms with van der Waals surface area (Å²) in [7, 11) is 0. The molecular formula is C9H13N3O. The Bertz CT molecular complexity index is 271. The van der Waals surface area contributed by atoms with E-state index in [0.717, 1.165) is 0 Å². The maximum absolute atomic E-state index is 11.3. The molecule has 1 heterocycles. The Balaban J connectivity index is 2.46. The second-order valence-electron chi connectivity index (χ2n) is 3.27. The second-order valence-corrected chi connectivity index (χ2v) is 3.27. The van der Waals surface area contributed by atoms with Crippen LogP contribution in [-0.2, 0) is 4.79 Å². The van der Waals surface area contributed by atoms with Crippen molar-refractivity contribution in [1.82, 2.24) is 9.97 Å². The topological polar surface area (TPSA) is 54.9 Å². The van der Waals surface area contributed by atoms with Crippen LogP contribution in [0.2, 0.25) is 0 Å². The number of hydrogen-bond acceptors (Lipinski definition) is 3. The number of nitrogens with zero attached hydrogens (tertiary/aromatic N) is 2. The van der Waals surface area contributed by atoms with Gasteiger partial charge in [-0.3, -0.25) is 4.79 Å². The maximum atomic E-state index is 11.3. The number of nitrogens with one attached hydrogen (secondary N) is 1. The van der Waals surface area contributed by atoms with Gasteiger partial charge in [-0.1, -0.05) is 13.8 Å². The van der Waals surface area contributed by atoms with Gasteiger partial charge in [0, 0.05) is 6.42 Å². The number of amides is 1. The smallest absolute Gasteiger partial charge is 0.224 e. The third-order valence-electron chi connectivity index (χ3n) is 1.44. The van der Waals surface area contributed by atoms with Crippen LogP contribution in [0.3, 0.4) is 0 Å². The Morgan fingerprint density at radius 1 is 1.46 bits per heavy atom. The van der Waals surface area contributed by atoms with Crippen molar-refractivity contribution in [3.63, 3.8) is 0 Å². The lowest BCUT2D eigenvalue weighted by Crippen LogP contribution is -2.13. The summed E-state index contributed by atoms with van der Waals surface area (Å²) in [5, 5.41) is 2.71. The van der Waals surface area contributed by atoms with E-state index in [2.05, 4.69) is 15.3 Å². The summed E-state index contributed by atoms with van der Waals surface area (Å²) in [6.07, 6.45) is 5.10. The van der Waals surface area contributed by atoms with Crippen LogP contribution in [0.5, 0.6) is 0 Å². The Morgan fingerprint density at radius 2 is 2.08 bits per heavy atom. The molecule has 1 aromatic heterocycles. The molecule has 0 aliphatic carbocycles. The van der Waals surface area contributed by atoms with Gasteiger partial charge in [0.2, 0.25) is 5.91 Å². The Morgan fingerprint density at radius 3 is 2.62 bits per heavy atom. The van der Waals surface area contributed by atoms with E-state index in [-0.39, 0.29) is 5.91 Å². The second kappa shape index (κ2) is 4.54. The summed E-state index contributed by atoms with van der Waals surface area (Å²) >= 11 is 0. The van der Waals surface area contributed by atoms with Gasteiger partial charge in [0.25, 0.3) is 0 Å². The largest absolute Gasteiger partial charge is 0.323 e. The third-order valence-corrected chi connectivity index (χ3v) is 1.44.